The molecule has 0 aliphatic heterocycles. The SMILES string of the molecule is Nc1cc(F)c(F)cc1C(=O)c1c[nH]c2ncccc12. The van der Waals surface area contributed by atoms with Gasteiger partial charge >= 0.3 is 0 Å². The highest BCUT2D eigenvalue weighted by molar-refractivity contribution is 6.18. The van der Waals surface area contributed by atoms with Gasteiger partial charge < -0.3 is 10.7 Å². The summed E-state index contributed by atoms with van der Waals surface area (Å²) in [5.41, 5.74) is 6.26. The van der Waals surface area contributed by atoms with Gasteiger partial charge in [0, 0.05) is 40.7 Å². The summed E-state index contributed by atoms with van der Waals surface area (Å²) in [7, 11) is 0. The van der Waals surface area contributed by atoms with Gasteiger partial charge in [0.15, 0.2) is 17.4 Å². The monoisotopic (exact) mass is 273 g/mol. The highest BCUT2D eigenvalue weighted by Crippen LogP contribution is 2.24. The molecule has 0 unspecified atom stereocenters. The van der Waals surface area contributed by atoms with Gasteiger partial charge in [-0.05, 0) is 18.2 Å². The standard InChI is InChI=1S/C14H9F2N3O/c15-10-4-8(12(17)5-11(10)16)13(20)9-6-19-14-7(9)2-1-3-18-14/h1-6H,17H2,(H,18,19). The number of hydrogen-bond donors (Lipinski definition) is 2. The number of benzene rings is 1. The Labute approximate surface area is 112 Å². The van der Waals surface area contributed by atoms with E-state index < -0.39 is 17.4 Å². The molecule has 3 N–H and O–H groups in total. The first-order chi connectivity index (χ1) is 9.58. The van der Waals surface area contributed by atoms with E-state index in [9.17, 15) is 13.6 Å². The third-order valence-electron chi connectivity index (χ3n) is 3.03. The van der Waals surface area contributed by atoms with Crippen LogP contribution in [-0.2, 0) is 0 Å². The highest BCUT2D eigenvalue weighted by atomic mass is 19.2. The number of aromatic amines is 1. The van der Waals surface area contributed by atoms with E-state index in [-0.39, 0.29) is 11.3 Å². The van der Waals surface area contributed by atoms with E-state index in [1.807, 2.05) is 0 Å². The van der Waals surface area contributed by atoms with Gasteiger partial charge in [-0.15, -0.1) is 0 Å². The van der Waals surface area contributed by atoms with Crippen LogP contribution in [0.15, 0.2) is 36.7 Å². The lowest BCUT2D eigenvalue weighted by Gasteiger charge is -2.05. The Morgan fingerprint density at radius 1 is 1.20 bits per heavy atom. The Hall–Kier alpha value is -2.76. The predicted molar refractivity (Wildman–Crippen MR) is 70.3 cm³/mol. The Morgan fingerprint density at radius 2 is 1.95 bits per heavy atom. The molecule has 0 atom stereocenters. The zero-order valence-electron chi connectivity index (χ0n) is 10.2. The molecule has 20 heavy (non-hydrogen) atoms. The second-order valence-electron chi connectivity index (χ2n) is 4.28. The van der Waals surface area contributed by atoms with E-state index in [0.29, 0.717) is 16.6 Å². The summed E-state index contributed by atoms with van der Waals surface area (Å²) >= 11 is 0. The van der Waals surface area contributed by atoms with Gasteiger partial charge in [-0.2, -0.15) is 0 Å². The topological polar surface area (TPSA) is 71.8 Å². The average Bonchev–Trinajstić information content (AvgIpc) is 2.86. The van der Waals surface area contributed by atoms with Gasteiger partial charge in [-0.1, -0.05) is 0 Å². The Morgan fingerprint density at radius 3 is 2.75 bits per heavy atom. The summed E-state index contributed by atoms with van der Waals surface area (Å²) in [6.07, 6.45) is 3.06. The number of carbonyl (C=O) groups excluding carboxylic acids is 1. The first kappa shape index (κ1) is 12.3. The number of nitrogens with one attached hydrogen (secondary N) is 1. The molecular formula is C14H9F2N3O. The fourth-order valence-electron chi connectivity index (χ4n) is 2.05. The molecule has 0 saturated carbocycles. The second-order valence-corrected chi connectivity index (χ2v) is 4.28. The normalized spacial score (nSPS) is 10.9. The average molecular weight is 273 g/mol. The van der Waals surface area contributed by atoms with Crippen molar-refractivity contribution >= 4 is 22.5 Å². The van der Waals surface area contributed by atoms with E-state index in [4.69, 9.17) is 5.73 Å². The van der Waals surface area contributed by atoms with Crippen molar-refractivity contribution in [2.24, 2.45) is 0 Å². The number of hydrogen-bond acceptors (Lipinski definition) is 3. The number of fused-ring (bicyclic) bond motifs is 1. The van der Waals surface area contributed by atoms with Crippen molar-refractivity contribution in [3.05, 3.63) is 59.4 Å². The molecule has 2 aromatic heterocycles. The molecule has 0 radical (unpaired) electrons. The maximum Gasteiger partial charge on any atom is 0.197 e. The van der Waals surface area contributed by atoms with E-state index in [1.165, 1.54) is 6.20 Å². The molecule has 0 aliphatic rings. The Balaban J connectivity index is 2.16. The first-order valence-electron chi connectivity index (χ1n) is 5.79. The van der Waals surface area contributed by atoms with E-state index in [2.05, 4.69) is 9.97 Å². The summed E-state index contributed by atoms with van der Waals surface area (Å²) in [5, 5.41) is 0.599. The van der Waals surface area contributed by atoms with Crippen LogP contribution in [0.1, 0.15) is 15.9 Å². The number of ketones is 1. The molecule has 0 fully saturated rings. The van der Waals surface area contributed by atoms with Crippen LogP contribution in [-0.4, -0.2) is 15.8 Å². The number of carbonyl (C=O) groups is 1. The molecule has 4 nitrogen and oxygen atoms in total. The third-order valence-corrected chi connectivity index (χ3v) is 3.03. The van der Waals surface area contributed by atoms with Gasteiger partial charge in [0.1, 0.15) is 5.65 Å². The molecule has 3 rings (SSSR count). The molecule has 1 aromatic carbocycles. The van der Waals surface area contributed by atoms with Crippen molar-refractivity contribution in [1.29, 1.82) is 0 Å². The number of H-pyrrole nitrogens is 1. The lowest BCUT2D eigenvalue weighted by Crippen LogP contribution is -2.06. The first-order valence-corrected chi connectivity index (χ1v) is 5.79. The van der Waals surface area contributed by atoms with Crippen LogP contribution in [0.2, 0.25) is 0 Å². The number of nitrogens with two attached hydrogens (primary N) is 1. The maximum absolute atomic E-state index is 13.3. The molecule has 0 amide bonds. The van der Waals surface area contributed by atoms with Crippen molar-refractivity contribution in [3.8, 4) is 0 Å². The van der Waals surface area contributed by atoms with Crippen LogP contribution in [0, 0.1) is 11.6 Å². The van der Waals surface area contributed by atoms with E-state index in [0.717, 1.165) is 12.1 Å². The molecular weight excluding hydrogens is 264 g/mol. The van der Waals surface area contributed by atoms with E-state index >= 15 is 0 Å². The molecule has 0 saturated heterocycles. The molecule has 100 valence electrons. The lowest BCUT2D eigenvalue weighted by molar-refractivity contribution is 0.104. The minimum atomic E-state index is -1.11. The summed E-state index contributed by atoms with van der Waals surface area (Å²) in [6.45, 7) is 0. The fraction of sp³-hybridized carbons (Fsp3) is 0. The van der Waals surface area contributed by atoms with Crippen molar-refractivity contribution in [2.75, 3.05) is 5.73 Å². The van der Waals surface area contributed by atoms with Crippen LogP contribution in [0.25, 0.3) is 11.0 Å². The largest absolute Gasteiger partial charge is 0.398 e. The zero-order chi connectivity index (χ0) is 14.3. The number of rotatable bonds is 2. The summed E-state index contributed by atoms with van der Waals surface area (Å²) < 4.78 is 26.3. The fourth-order valence-corrected chi connectivity index (χ4v) is 2.05. The number of halogens is 2. The smallest absolute Gasteiger partial charge is 0.197 e. The van der Waals surface area contributed by atoms with Crippen molar-refractivity contribution in [1.82, 2.24) is 9.97 Å². The van der Waals surface area contributed by atoms with Crippen LogP contribution >= 0.6 is 0 Å². The Bertz CT molecular complexity index is 826. The highest BCUT2D eigenvalue weighted by Gasteiger charge is 2.19. The summed E-state index contributed by atoms with van der Waals surface area (Å²) in [4.78, 5) is 19.3. The number of aromatic nitrogens is 2. The number of nitrogens with zero attached hydrogens (tertiary/aromatic N) is 1. The van der Waals surface area contributed by atoms with Crippen LogP contribution < -0.4 is 5.73 Å². The summed E-state index contributed by atoms with van der Waals surface area (Å²) in [5.74, 6) is -2.68. The molecule has 2 heterocycles. The number of anilines is 1. The molecule has 0 spiro atoms. The van der Waals surface area contributed by atoms with Gasteiger partial charge in [0.05, 0.1) is 0 Å². The molecule has 0 bridgehead atoms. The summed E-state index contributed by atoms with van der Waals surface area (Å²) in [6, 6.07) is 5.00. The van der Waals surface area contributed by atoms with Gasteiger partial charge in [0.25, 0.3) is 0 Å². The van der Waals surface area contributed by atoms with Crippen LogP contribution in [0.4, 0.5) is 14.5 Å². The van der Waals surface area contributed by atoms with E-state index in [1.54, 1.807) is 18.3 Å². The minimum Gasteiger partial charge on any atom is -0.398 e. The Kier molecular flexibility index (Phi) is 2.71. The minimum absolute atomic E-state index is 0.0753. The second kappa shape index (κ2) is 4.41. The third kappa shape index (κ3) is 1.82. The number of pyridine rings is 1. The van der Waals surface area contributed by atoms with Crippen molar-refractivity contribution in [2.45, 2.75) is 0 Å². The lowest BCUT2D eigenvalue weighted by atomic mass is 10.0. The van der Waals surface area contributed by atoms with Crippen molar-refractivity contribution in [3.63, 3.8) is 0 Å². The van der Waals surface area contributed by atoms with Gasteiger partial charge in [-0.3, -0.25) is 4.79 Å². The van der Waals surface area contributed by atoms with Crippen molar-refractivity contribution < 1.29 is 13.6 Å². The number of nitrogen functional groups attached to an aromatic ring is 1. The van der Waals surface area contributed by atoms with Crippen LogP contribution in [0.3, 0.4) is 0 Å². The maximum atomic E-state index is 13.3. The van der Waals surface area contributed by atoms with Gasteiger partial charge in [0.2, 0.25) is 0 Å². The quantitative estimate of drug-likeness (QED) is 0.557. The predicted octanol–water partition coefficient (Wildman–Crippen LogP) is 2.65. The van der Waals surface area contributed by atoms with Crippen LogP contribution in [0.5, 0.6) is 0 Å². The molecule has 6 heteroatoms. The molecule has 3 aromatic rings. The van der Waals surface area contributed by atoms with Gasteiger partial charge in [-0.25, -0.2) is 13.8 Å². The molecule has 0 aliphatic carbocycles. The zero-order valence-corrected chi connectivity index (χ0v) is 10.2.